The first-order valence-corrected chi connectivity index (χ1v) is 7.88. The number of hydrogen-bond acceptors (Lipinski definition) is 3. The number of rotatable bonds is 6. The van der Waals surface area contributed by atoms with Gasteiger partial charge < -0.3 is 15.1 Å². The first-order valence-electron chi connectivity index (χ1n) is 7.88. The summed E-state index contributed by atoms with van der Waals surface area (Å²) < 4.78 is 0. The maximum Gasteiger partial charge on any atom is 0.226 e. The molecule has 2 rings (SSSR count). The van der Waals surface area contributed by atoms with Gasteiger partial charge in [0.25, 0.3) is 0 Å². The van der Waals surface area contributed by atoms with E-state index < -0.39 is 0 Å². The number of likely N-dealkylation sites (N-methyl/N-ethyl adjacent to an activating group) is 1. The van der Waals surface area contributed by atoms with Crippen LogP contribution in [0.4, 0.5) is 0 Å². The minimum absolute atomic E-state index is 0.0513. The van der Waals surface area contributed by atoms with Crippen molar-refractivity contribution in [1.29, 1.82) is 0 Å². The Morgan fingerprint density at radius 1 is 1.10 bits per heavy atom. The number of nitrogens with zero attached hydrogens (tertiary/aromatic N) is 2. The molecule has 1 saturated carbocycles. The van der Waals surface area contributed by atoms with Gasteiger partial charge in [0.05, 0.1) is 11.8 Å². The molecule has 5 heteroatoms. The molecule has 0 bridgehead atoms. The highest BCUT2D eigenvalue weighted by atomic mass is 16.2. The van der Waals surface area contributed by atoms with E-state index in [9.17, 15) is 9.59 Å². The Balaban J connectivity index is 1.68. The molecule has 2 unspecified atom stereocenters. The van der Waals surface area contributed by atoms with Crippen molar-refractivity contribution in [2.45, 2.75) is 32.6 Å². The average Bonchev–Trinajstić information content (AvgIpc) is 3.24. The van der Waals surface area contributed by atoms with Crippen LogP contribution in [0.25, 0.3) is 0 Å². The molecule has 0 radical (unpaired) electrons. The third-order valence-corrected chi connectivity index (χ3v) is 4.34. The van der Waals surface area contributed by atoms with Crippen LogP contribution in [0.15, 0.2) is 0 Å². The third-order valence-electron chi connectivity index (χ3n) is 4.34. The average molecular weight is 281 g/mol. The topological polar surface area (TPSA) is 52.7 Å². The summed E-state index contributed by atoms with van der Waals surface area (Å²) in [5.41, 5.74) is 0. The quantitative estimate of drug-likeness (QED) is 0.729. The largest absolute Gasteiger partial charge is 0.356 e. The van der Waals surface area contributed by atoms with Gasteiger partial charge in [-0.3, -0.25) is 9.59 Å². The zero-order valence-corrected chi connectivity index (χ0v) is 12.7. The summed E-state index contributed by atoms with van der Waals surface area (Å²) >= 11 is 0. The zero-order valence-electron chi connectivity index (χ0n) is 12.7. The van der Waals surface area contributed by atoms with Crippen LogP contribution in [0.5, 0.6) is 0 Å². The van der Waals surface area contributed by atoms with E-state index >= 15 is 0 Å². The van der Waals surface area contributed by atoms with Crippen molar-refractivity contribution in [2.75, 3.05) is 39.8 Å². The lowest BCUT2D eigenvalue weighted by Crippen LogP contribution is -2.48. The molecular weight excluding hydrogens is 254 g/mol. The van der Waals surface area contributed by atoms with E-state index in [0.717, 1.165) is 58.4 Å². The third kappa shape index (κ3) is 3.95. The van der Waals surface area contributed by atoms with Gasteiger partial charge in [0.15, 0.2) is 0 Å². The lowest BCUT2D eigenvalue weighted by Gasteiger charge is -2.32. The summed E-state index contributed by atoms with van der Waals surface area (Å²) in [6.07, 6.45) is 4.08. The molecule has 2 atom stereocenters. The standard InChI is InChI=1S/C15H27N3O2/c1-3-4-5-6-16-14(19)12-11-13(12)15(20)18-9-7-17(2)8-10-18/h12-13H,3-11H2,1-2H3,(H,16,19). The van der Waals surface area contributed by atoms with Crippen molar-refractivity contribution in [3.05, 3.63) is 0 Å². The van der Waals surface area contributed by atoms with E-state index in [1.165, 1.54) is 0 Å². The molecule has 1 aliphatic carbocycles. The Bertz CT molecular complexity index is 351. The minimum Gasteiger partial charge on any atom is -0.356 e. The summed E-state index contributed by atoms with van der Waals surface area (Å²) in [5.74, 6) is 0.147. The molecule has 1 N–H and O–H groups in total. The smallest absolute Gasteiger partial charge is 0.226 e. The van der Waals surface area contributed by atoms with Gasteiger partial charge in [0, 0.05) is 32.7 Å². The van der Waals surface area contributed by atoms with Crippen molar-refractivity contribution < 1.29 is 9.59 Å². The zero-order chi connectivity index (χ0) is 14.5. The summed E-state index contributed by atoms with van der Waals surface area (Å²) in [7, 11) is 2.07. The van der Waals surface area contributed by atoms with Crippen LogP contribution in [0.2, 0.25) is 0 Å². The Hall–Kier alpha value is -1.10. The molecule has 2 aliphatic rings. The van der Waals surface area contributed by atoms with Crippen LogP contribution < -0.4 is 5.32 Å². The van der Waals surface area contributed by atoms with Gasteiger partial charge in [-0.1, -0.05) is 19.8 Å². The SMILES string of the molecule is CCCCCNC(=O)C1CC1C(=O)N1CCN(C)CC1. The molecule has 1 aliphatic heterocycles. The highest BCUT2D eigenvalue weighted by Crippen LogP contribution is 2.40. The molecule has 114 valence electrons. The second kappa shape index (κ2) is 7.07. The number of amides is 2. The lowest BCUT2D eigenvalue weighted by molar-refractivity contribution is -0.136. The maximum atomic E-state index is 12.3. The van der Waals surface area contributed by atoms with Crippen LogP contribution in [-0.2, 0) is 9.59 Å². The number of carbonyl (C=O) groups is 2. The van der Waals surface area contributed by atoms with Crippen molar-refractivity contribution in [3.8, 4) is 0 Å². The fraction of sp³-hybridized carbons (Fsp3) is 0.867. The van der Waals surface area contributed by atoms with Crippen LogP contribution in [0.1, 0.15) is 32.6 Å². The number of unbranched alkanes of at least 4 members (excludes halogenated alkanes) is 2. The van der Waals surface area contributed by atoms with Crippen molar-refractivity contribution >= 4 is 11.8 Å². The first kappa shape index (κ1) is 15.3. The van der Waals surface area contributed by atoms with E-state index in [0.29, 0.717) is 0 Å². The van der Waals surface area contributed by atoms with Crippen LogP contribution in [0.3, 0.4) is 0 Å². The van der Waals surface area contributed by atoms with Gasteiger partial charge in [-0.2, -0.15) is 0 Å². The number of carbonyl (C=O) groups excluding carboxylic acids is 2. The van der Waals surface area contributed by atoms with E-state index in [1.54, 1.807) is 0 Å². The molecule has 1 heterocycles. The van der Waals surface area contributed by atoms with E-state index in [-0.39, 0.29) is 23.7 Å². The van der Waals surface area contributed by atoms with E-state index in [2.05, 4.69) is 24.2 Å². The maximum absolute atomic E-state index is 12.3. The molecule has 2 amide bonds. The fourth-order valence-electron chi connectivity index (χ4n) is 2.74. The molecule has 0 aromatic heterocycles. The second-order valence-corrected chi connectivity index (χ2v) is 6.08. The van der Waals surface area contributed by atoms with Crippen LogP contribution in [-0.4, -0.2) is 61.4 Å². The predicted molar refractivity (Wildman–Crippen MR) is 78.2 cm³/mol. The van der Waals surface area contributed by atoms with Gasteiger partial charge in [-0.05, 0) is 19.9 Å². The summed E-state index contributed by atoms with van der Waals surface area (Å²) in [6, 6.07) is 0. The van der Waals surface area contributed by atoms with Gasteiger partial charge in [0.1, 0.15) is 0 Å². The van der Waals surface area contributed by atoms with Crippen molar-refractivity contribution in [3.63, 3.8) is 0 Å². The first-order chi connectivity index (χ1) is 9.63. The monoisotopic (exact) mass is 281 g/mol. The van der Waals surface area contributed by atoms with Gasteiger partial charge in [-0.25, -0.2) is 0 Å². The number of piperazine rings is 1. The highest BCUT2D eigenvalue weighted by Gasteiger charge is 2.49. The molecule has 0 aromatic rings. The molecule has 20 heavy (non-hydrogen) atoms. The summed E-state index contributed by atoms with van der Waals surface area (Å²) in [6.45, 7) is 6.37. The van der Waals surface area contributed by atoms with Gasteiger partial charge >= 0.3 is 0 Å². The lowest BCUT2D eigenvalue weighted by atomic mass is 10.2. The van der Waals surface area contributed by atoms with Gasteiger partial charge in [-0.15, -0.1) is 0 Å². The van der Waals surface area contributed by atoms with E-state index in [1.807, 2.05) is 4.90 Å². The number of nitrogens with one attached hydrogen (secondary N) is 1. The fourth-order valence-corrected chi connectivity index (χ4v) is 2.74. The second-order valence-electron chi connectivity index (χ2n) is 6.08. The Morgan fingerprint density at radius 2 is 1.80 bits per heavy atom. The Kier molecular flexibility index (Phi) is 5.40. The molecule has 2 fully saturated rings. The predicted octanol–water partition coefficient (Wildman–Crippen LogP) is 0.703. The highest BCUT2D eigenvalue weighted by molar-refractivity contribution is 5.92. The molecule has 0 aromatic carbocycles. The molecule has 5 nitrogen and oxygen atoms in total. The van der Waals surface area contributed by atoms with Crippen LogP contribution in [0, 0.1) is 11.8 Å². The normalized spacial score (nSPS) is 26.4. The molecular formula is C15H27N3O2. The van der Waals surface area contributed by atoms with Gasteiger partial charge in [0.2, 0.25) is 11.8 Å². The molecule has 1 saturated heterocycles. The Labute approximate surface area is 121 Å². The molecule has 0 spiro atoms. The summed E-state index contributed by atoms with van der Waals surface area (Å²) in [4.78, 5) is 28.4. The number of hydrogen-bond donors (Lipinski definition) is 1. The van der Waals surface area contributed by atoms with E-state index in [4.69, 9.17) is 0 Å². The Morgan fingerprint density at radius 3 is 2.45 bits per heavy atom. The summed E-state index contributed by atoms with van der Waals surface area (Å²) in [5, 5.41) is 2.96. The van der Waals surface area contributed by atoms with Crippen molar-refractivity contribution in [1.82, 2.24) is 15.1 Å². The minimum atomic E-state index is -0.0659. The van der Waals surface area contributed by atoms with Crippen molar-refractivity contribution in [2.24, 2.45) is 11.8 Å². The van der Waals surface area contributed by atoms with Crippen LogP contribution >= 0.6 is 0 Å².